The number of anilines is 1. The summed E-state index contributed by atoms with van der Waals surface area (Å²) in [6.45, 7) is 3.87. The number of fused-ring (bicyclic) bond motifs is 1. The van der Waals surface area contributed by atoms with Crippen molar-refractivity contribution in [1.82, 2.24) is 9.78 Å². The molecule has 1 aromatic carbocycles. The number of sulfonamides is 1. The second-order valence-corrected chi connectivity index (χ2v) is 7.74. The summed E-state index contributed by atoms with van der Waals surface area (Å²) in [6.07, 6.45) is -3.47. The minimum absolute atomic E-state index is 0.118. The number of halogens is 3. The van der Waals surface area contributed by atoms with Crippen LogP contribution in [0.2, 0.25) is 0 Å². The van der Waals surface area contributed by atoms with E-state index in [1.807, 2.05) is 19.9 Å². The molecule has 0 atom stereocenters. The fourth-order valence-electron chi connectivity index (χ4n) is 2.86. The van der Waals surface area contributed by atoms with Crippen LogP contribution >= 0.6 is 0 Å². The first-order valence-corrected chi connectivity index (χ1v) is 8.69. The molecule has 0 amide bonds. The number of hydrogen-bond acceptors (Lipinski definition) is 3. The van der Waals surface area contributed by atoms with E-state index in [4.69, 9.17) is 0 Å². The molecule has 0 aliphatic carbocycles. The summed E-state index contributed by atoms with van der Waals surface area (Å²) in [7, 11) is -3.08. The Hall–Kier alpha value is -2.03. The molecule has 2 aromatic rings. The molecule has 0 saturated carbocycles. The molecule has 130 valence electrons. The molecule has 0 N–H and O–H groups in total. The van der Waals surface area contributed by atoms with Crippen molar-refractivity contribution in [2.24, 2.45) is 7.05 Å². The maximum Gasteiger partial charge on any atom is 0.436 e. The lowest BCUT2D eigenvalue weighted by Crippen LogP contribution is -2.30. The van der Waals surface area contributed by atoms with Gasteiger partial charge >= 0.3 is 6.18 Å². The third-order valence-corrected chi connectivity index (χ3v) is 5.99. The minimum atomic E-state index is -4.84. The molecule has 0 bridgehead atoms. The minimum Gasteiger partial charge on any atom is -0.274 e. The molecule has 1 aromatic heterocycles. The van der Waals surface area contributed by atoms with Crippen molar-refractivity contribution in [3.05, 3.63) is 40.7 Å². The van der Waals surface area contributed by atoms with E-state index in [0.29, 0.717) is 12.1 Å². The number of nitrogens with zero attached hydrogens (tertiary/aromatic N) is 3. The number of aryl methyl sites for hydroxylation is 3. The Bertz CT molecular complexity index is 917. The first kappa shape index (κ1) is 16.8. The molecule has 0 radical (unpaired) electrons. The smallest absolute Gasteiger partial charge is 0.274 e. The zero-order valence-electron chi connectivity index (χ0n) is 13.3. The molecular formula is C15H16F3N3O2S. The highest BCUT2D eigenvalue weighted by Gasteiger charge is 2.43. The number of alkyl halides is 3. The Morgan fingerprint density at radius 3 is 2.42 bits per heavy atom. The molecule has 0 saturated heterocycles. The summed E-state index contributed by atoms with van der Waals surface area (Å²) in [6, 6.07) is 3.59. The van der Waals surface area contributed by atoms with Crippen LogP contribution in [0.3, 0.4) is 0 Å². The standard InChI is InChI=1S/C15H16F3N3O2S/c1-9-6-11-4-5-21(12(11)7-10(9)2)24(22,23)13-8-20(3)19-14(13)15(16,17)18/h6-8H,4-5H2,1-3H3. The van der Waals surface area contributed by atoms with Gasteiger partial charge in [0, 0.05) is 19.8 Å². The van der Waals surface area contributed by atoms with E-state index in [2.05, 4.69) is 5.10 Å². The first-order valence-electron chi connectivity index (χ1n) is 7.25. The van der Waals surface area contributed by atoms with Crippen LogP contribution in [0.25, 0.3) is 0 Å². The zero-order valence-corrected chi connectivity index (χ0v) is 14.2. The maximum atomic E-state index is 13.1. The largest absolute Gasteiger partial charge is 0.436 e. The van der Waals surface area contributed by atoms with Crippen LogP contribution in [0, 0.1) is 13.8 Å². The van der Waals surface area contributed by atoms with Crippen molar-refractivity contribution in [1.29, 1.82) is 0 Å². The molecule has 9 heteroatoms. The van der Waals surface area contributed by atoms with Gasteiger partial charge in [0.25, 0.3) is 10.0 Å². The van der Waals surface area contributed by atoms with E-state index in [0.717, 1.165) is 31.9 Å². The highest BCUT2D eigenvalue weighted by Crippen LogP contribution is 2.38. The van der Waals surface area contributed by atoms with Crippen molar-refractivity contribution in [2.45, 2.75) is 31.3 Å². The van der Waals surface area contributed by atoms with Crippen LogP contribution in [0.4, 0.5) is 18.9 Å². The third kappa shape index (κ3) is 2.56. The van der Waals surface area contributed by atoms with Gasteiger partial charge in [0.15, 0.2) is 5.69 Å². The predicted octanol–water partition coefficient (Wildman–Crippen LogP) is 2.81. The Balaban J connectivity index is 2.14. The van der Waals surface area contributed by atoms with Crippen LogP contribution in [-0.4, -0.2) is 24.7 Å². The Morgan fingerprint density at radius 2 is 1.79 bits per heavy atom. The van der Waals surface area contributed by atoms with E-state index in [-0.39, 0.29) is 6.54 Å². The van der Waals surface area contributed by atoms with Crippen LogP contribution < -0.4 is 4.31 Å². The van der Waals surface area contributed by atoms with Gasteiger partial charge in [-0.1, -0.05) is 6.07 Å². The second kappa shape index (κ2) is 5.23. The molecule has 2 heterocycles. The van der Waals surface area contributed by atoms with Gasteiger partial charge in [-0.15, -0.1) is 0 Å². The number of rotatable bonds is 2. The molecule has 1 aliphatic heterocycles. The van der Waals surface area contributed by atoms with Crippen LogP contribution in [0.15, 0.2) is 23.2 Å². The van der Waals surface area contributed by atoms with E-state index in [1.54, 1.807) is 6.07 Å². The normalized spacial score (nSPS) is 15.0. The monoisotopic (exact) mass is 359 g/mol. The van der Waals surface area contributed by atoms with Gasteiger partial charge in [-0.25, -0.2) is 8.42 Å². The van der Waals surface area contributed by atoms with Crippen LogP contribution in [-0.2, 0) is 29.7 Å². The summed E-state index contributed by atoms with van der Waals surface area (Å²) in [5.41, 5.74) is 1.78. The summed E-state index contributed by atoms with van der Waals surface area (Å²) in [5, 5.41) is 3.29. The van der Waals surface area contributed by atoms with Gasteiger partial charge in [0.05, 0.1) is 5.69 Å². The molecule has 0 spiro atoms. The Labute approximate surface area is 137 Å². The van der Waals surface area contributed by atoms with Gasteiger partial charge in [0.2, 0.25) is 0 Å². The van der Waals surface area contributed by atoms with Crippen LogP contribution in [0.1, 0.15) is 22.4 Å². The molecule has 0 unspecified atom stereocenters. The Morgan fingerprint density at radius 1 is 1.17 bits per heavy atom. The van der Waals surface area contributed by atoms with Crippen molar-refractivity contribution in [3.63, 3.8) is 0 Å². The van der Waals surface area contributed by atoms with E-state index < -0.39 is 26.8 Å². The number of aromatic nitrogens is 2. The van der Waals surface area contributed by atoms with Gasteiger partial charge in [-0.05, 0) is 43.0 Å². The highest BCUT2D eigenvalue weighted by molar-refractivity contribution is 7.93. The SMILES string of the molecule is Cc1cc2c(cc1C)N(S(=O)(=O)c1cn(C)nc1C(F)(F)F)CC2. The fraction of sp³-hybridized carbons (Fsp3) is 0.400. The molecule has 1 aliphatic rings. The zero-order chi connectivity index (χ0) is 17.9. The van der Waals surface area contributed by atoms with Gasteiger partial charge in [-0.2, -0.15) is 18.3 Å². The van der Waals surface area contributed by atoms with Gasteiger partial charge in [0.1, 0.15) is 4.90 Å². The highest BCUT2D eigenvalue weighted by atomic mass is 32.2. The van der Waals surface area contributed by atoms with Crippen LogP contribution in [0.5, 0.6) is 0 Å². The quantitative estimate of drug-likeness (QED) is 0.829. The average Bonchev–Trinajstić information content (AvgIpc) is 3.03. The second-order valence-electron chi connectivity index (χ2n) is 5.91. The molecular weight excluding hydrogens is 343 g/mol. The topological polar surface area (TPSA) is 55.2 Å². The average molecular weight is 359 g/mol. The fourth-order valence-corrected chi connectivity index (χ4v) is 4.54. The van der Waals surface area contributed by atoms with E-state index in [1.165, 1.54) is 7.05 Å². The maximum absolute atomic E-state index is 13.1. The summed E-state index contributed by atoms with van der Waals surface area (Å²) in [4.78, 5) is -0.816. The first-order chi connectivity index (χ1) is 11.0. The molecule has 3 rings (SSSR count). The summed E-state index contributed by atoms with van der Waals surface area (Å²) >= 11 is 0. The molecule has 0 fully saturated rings. The lowest BCUT2D eigenvalue weighted by atomic mass is 10.0. The van der Waals surface area contributed by atoms with Crippen molar-refractivity contribution in [2.75, 3.05) is 10.8 Å². The van der Waals surface area contributed by atoms with E-state index >= 15 is 0 Å². The Kier molecular flexibility index (Phi) is 3.67. The van der Waals surface area contributed by atoms with Crippen molar-refractivity contribution in [3.8, 4) is 0 Å². The third-order valence-electron chi connectivity index (χ3n) is 4.18. The van der Waals surface area contributed by atoms with Gasteiger partial charge < -0.3 is 0 Å². The molecule has 5 nitrogen and oxygen atoms in total. The summed E-state index contributed by atoms with van der Waals surface area (Å²) in [5.74, 6) is 0. The van der Waals surface area contributed by atoms with Crippen molar-refractivity contribution < 1.29 is 21.6 Å². The molecule has 24 heavy (non-hydrogen) atoms. The lowest BCUT2D eigenvalue weighted by molar-refractivity contribution is -0.143. The number of hydrogen-bond donors (Lipinski definition) is 0. The lowest BCUT2D eigenvalue weighted by Gasteiger charge is -2.20. The van der Waals surface area contributed by atoms with Gasteiger partial charge in [-0.3, -0.25) is 8.99 Å². The van der Waals surface area contributed by atoms with E-state index in [9.17, 15) is 21.6 Å². The van der Waals surface area contributed by atoms with Crippen molar-refractivity contribution >= 4 is 15.7 Å². The number of benzene rings is 1. The predicted molar refractivity (Wildman–Crippen MR) is 82.4 cm³/mol. The summed E-state index contributed by atoms with van der Waals surface area (Å²) < 4.78 is 67.0.